The van der Waals surface area contributed by atoms with Gasteiger partial charge in [-0.15, -0.1) is 0 Å². The number of anilines is 1. The molecule has 0 aliphatic carbocycles. The van der Waals surface area contributed by atoms with Crippen LogP contribution in [0.4, 0.5) is 19.3 Å². The van der Waals surface area contributed by atoms with Crippen molar-refractivity contribution in [2.24, 2.45) is 0 Å². The second-order valence-electron chi connectivity index (χ2n) is 8.64. The lowest BCUT2D eigenvalue weighted by Crippen LogP contribution is -2.46. The Labute approximate surface area is 218 Å². The highest BCUT2D eigenvalue weighted by atomic mass is 35.5. The Morgan fingerprint density at radius 1 is 1.16 bits per heavy atom. The van der Waals surface area contributed by atoms with Crippen molar-refractivity contribution in [3.63, 3.8) is 0 Å². The molecule has 10 heteroatoms. The fraction of sp³-hybridized carbons (Fsp3) is 0.259. The number of rotatable bonds is 8. The minimum atomic E-state index is -0.532. The molecule has 1 atom stereocenters. The van der Waals surface area contributed by atoms with Gasteiger partial charge in [0.15, 0.2) is 0 Å². The number of carbonyl (C=O) groups is 2. The van der Waals surface area contributed by atoms with E-state index < -0.39 is 17.5 Å². The van der Waals surface area contributed by atoms with Gasteiger partial charge < -0.3 is 20.1 Å². The second kappa shape index (κ2) is 11.1. The van der Waals surface area contributed by atoms with E-state index in [1.54, 1.807) is 36.2 Å². The zero-order valence-electron chi connectivity index (χ0n) is 20.3. The third kappa shape index (κ3) is 5.52. The van der Waals surface area contributed by atoms with Crippen LogP contribution < -0.4 is 15.0 Å². The fourth-order valence-electron chi connectivity index (χ4n) is 4.18. The molecule has 3 aromatic rings. The smallest absolute Gasteiger partial charge is 0.325 e. The average molecular weight is 530 g/mol. The van der Waals surface area contributed by atoms with Gasteiger partial charge in [-0.25, -0.2) is 13.6 Å². The van der Waals surface area contributed by atoms with E-state index in [1.165, 1.54) is 35.2 Å². The number of hydrogen-bond acceptors (Lipinski definition) is 4. The molecule has 0 radical (unpaired) electrons. The molecule has 0 saturated heterocycles. The Bertz CT molecular complexity index is 1320. The Hall–Kier alpha value is -3.69. The quantitative estimate of drug-likeness (QED) is 0.428. The van der Waals surface area contributed by atoms with Crippen molar-refractivity contribution < 1.29 is 28.2 Å². The van der Waals surface area contributed by atoms with E-state index in [4.69, 9.17) is 21.4 Å². The van der Waals surface area contributed by atoms with Gasteiger partial charge >= 0.3 is 6.03 Å². The third-order valence-electron chi connectivity index (χ3n) is 6.34. The molecule has 0 spiro atoms. The third-order valence-corrected chi connectivity index (χ3v) is 6.70. The van der Waals surface area contributed by atoms with Crippen LogP contribution in [0.5, 0.6) is 5.75 Å². The number of aliphatic hydroxyl groups excluding tert-OH is 1. The number of benzene rings is 3. The Kier molecular flexibility index (Phi) is 7.94. The highest BCUT2D eigenvalue weighted by Crippen LogP contribution is 2.38. The number of ether oxygens (including phenoxy) is 1. The maximum Gasteiger partial charge on any atom is 0.325 e. The van der Waals surface area contributed by atoms with E-state index >= 15 is 0 Å². The average Bonchev–Trinajstić information content (AvgIpc) is 2.89. The molecular weight excluding hydrogens is 504 g/mol. The first-order valence-corrected chi connectivity index (χ1v) is 12.0. The lowest BCUT2D eigenvalue weighted by atomic mass is 9.98. The molecule has 1 aliphatic heterocycles. The molecule has 4 rings (SSSR count). The summed E-state index contributed by atoms with van der Waals surface area (Å²) in [6.07, 6.45) is 0. The summed E-state index contributed by atoms with van der Waals surface area (Å²) in [6, 6.07) is 12.6. The molecule has 0 bridgehead atoms. The van der Waals surface area contributed by atoms with Crippen LogP contribution >= 0.6 is 11.6 Å². The van der Waals surface area contributed by atoms with Crippen LogP contribution in [-0.2, 0) is 13.1 Å². The van der Waals surface area contributed by atoms with Gasteiger partial charge in [0.05, 0.1) is 24.9 Å². The maximum absolute atomic E-state index is 14.5. The van der Waals surface area contributed by atoms with E-state index in [0.29, 0.717) is 11.3 Å². The summed E-state index contributed by atoms with van der Waals surface area (Å²) in [5, 5.41) is 12.0. The van der Waals surface area contributed by atoms with Crippen LogP contribution in [0, 0.1) is 11.6 Å². The molecule has 2 N–H and O–H groups in total. The van der Waals surface area contributed by atoms with Crippen molar-refractivity contribution >= 4 is 29.2 Å². The molecule has 1 heterocycles. The zero-order chi connectivity index (χ0) is 26.7. The normalized spacial score (nSPS) is 15.0. The SMILES string of the molecule is C[C@H]1c2ccc(C(=O)NCc3ccc(F)cc3OCCO)cc2N(Cc2c(F)cccc2Cl)C(=O)N1C. The number of urea groups is 1. The van der Waals surface area contributed by atoms with E-state index in [-0.39, 0.29) is 60.3 Å². The van der Waals surface area contributed by atoms with Crippen molar-refractivity contribution in [2.75, 3.05) is 25.2 Å². The van der Waals surface area contributed by atoms with E-state index in [0.717, 1.165) is 5.56 Å². The number of aliphatic hydroxyl groups is 1. The summed E-state index contributed by atoms with van der Waals surface area (Å²) < 4.78 is 33.5. The zero-order valence-corrected chi connectivity index (χ0v) is 21.1. The molecule has 0 unspecified atom stereocenters. The van der Waals surface area contributed by atoms with E-state index in [9.17, 15) is 18.4 Å². The van der Waals surface area contributed by atoms with Gasteiger partial charge in [0, 0.05) is 41.4 Å². The molecule has 0 saturated carbocycles. The highest BCUT2D eigenvalue weighted by molar-refractivity contribution is 6.31. The van der Waals surface area contributed by atoms with Crippen LogP contribution in [0.15, 0.2) is 54.6 Å². The van der Waals surface area contributed by atoms with Gasteiger partial charge in [-0.05, 0) is 42.8 Å². The van der Waals surface area contributed by atoms with Gasteiger partial charge in [-0.1, -0.05) is 29.8 Å². The van der Waals surface area contributed by atoms with Gasteiger partial charge in [0.1, 0.15) is 24.0 Å². The summed E-state index contributed by atoms with van der Waals surface area (Å²) in [4.78, 5) is 29.2. The summed E-state index contributed by atoms with van der Waals surface area (Å²) >= 11 is 6.22. The van der Waals surface area contributed by atoms with Gasteiger partial charge in [-0.2, -0.15) is 0 Å². The van der Waals surface area contributed by atoms with Crippen molar-refractivity contribution in [2.45, 2.75) is 26.1 Å². The van der Waals surface area contributed by atoms with Crippen LogP contribution in [0.2, 0.25) is 5.02 Å². The standard InChI is InChI=1S/C27H26ClF2N3O4/c1-16-20-9-7-17(26(35)31-14-18-6-8-19(29)13-25(18)37-11-10-34)12-24(20)33(27(36)32(16)2)15-21-22(28)4-3-5-23(21)30/h3-9,12-13,16,34H,10-11,14-15H2,1-2H3,(H,31,35)/t16-/m0/s1. The van der Waals surface area contributed by atoms with Gasteiger partial charge in [0.25, 0.3) is 5.91 Å². The molecule has 3 amide bonds. The first-order chi connectivity index (χ1) is 17.7. The van der Waals surface area contributed by atoms with Crippen molar-refractivity contribution in [3.05, 3.63) is 93.5 Å². The van der Waals surface area contributed by atoms with Crippen LogP contribution in [0.25, 0.3) is 0 Å². The number of halogens is 3. The van der Waals surface area contributed by atoms with Crippen LogP contribution in [0.1, 0.15) is 40.0 Å². The predicted octanol–water partition coefficient (Wildman–Crippen LogP) is 5.05. The molecule has 37 heavy (non-hydrogen) atoms. The highest BCUT2D eigenvalue weighted by Gasteiger charge is 2.34. The molecule has 194 valence electrons. The predicted molar refractivity (Wildman–Crippen MR) is 136 cm³/mol. The molecule has 3 aromatic carbocycles. The van der Waals surface area contributed by atoms with Gasteiger partial charge in [-0.3, -0.25) is 9.69 Å². The maximum atomic E-state index is 14.5. The number of nitrogens with one attached hydrogen (secondary N) is 1. The minimum Gasteiger partial charge on any atom is -0.491 e. The number of fused-ring (bicyclic) bond motifs is 1. The number of nitrogens with zero attached hydrogens (tertiary/aromatic N) is 2. The van der Waals surface area contributed by atoms with Crippen molar-refractivity contribution in [1.82, 2.24) is 10.2 Å². The number of carbonyl (C=O) groups excluding carboxylic acids is 2. The minimum absolute atomic E-state index is 0.0161. The molecule has 7 nitrogen and oxygen atoms in total. The number of amides is 3. The lowest BCUT2D eigenvalue weighted by Gasteiger charge is -2.39. The first kappa shape index (κ1) is 26.4. The topological polar surface area (TPSA) is 82.1 Å². The molecular formula is C27H26ClF2N3O4. The monoisotopic (exact) mass is 529 g/mol. The van der Waals surface area contributed by atoms with Crippen molar-refractivity contribution in [3.8, 4) is 5.75 Å². The molecule has 1 aliphatic rings. The lowest BCUT2D eigenvalue weighted by molar-refractivity contribution is 0.0950. The second-order valence-corrected chi connectivity index (χ2v) is 9.04. The molecule has 0 aromatic heterocycles. The number of hydrogen-bond donors (Lipinski definition) is 2. The Morgan fingerprint density at radius 2 is 1.95 bits per heavy atom. The Balaban J connectivity index is 1.61. The van der Waals surface area contributed by atoms with Crippen LogP contribution in [-0.4, -0.2) is 42.2 Å². The molecule has 0 fully saturated rings. The van der Waals surface area contributed by atoms with Gasteiger partial charge in [0.2, 0.25) is 0 Å². The Morgan fingerprint density at radius 3 is 2.68 bits per heavy atom. The van der Waals surface area contributed by atoms with Crippen molar-refractivity contribution in [1.29, 1.82) is 0 Å². The summed E-state index contributed by atoms with van der Waals surface area (Å²) in [5.74, 6) is -1.25. The fourth-order valence-corrected chi connectivity index (χ4v) is 4.40. The summed E-state index contributed by atoms with van der Waals surface area (Å²) in [6.45, 7) is 1.55. The van der Waals surface area contributed by atoms with E-state index in [1.807, 2.05) is 6.92 Å². The summed E-state index contributed by atoms with van der Waals surface area (Å²) in [5.41, 5.74) is 2.27. The van der Waals surface area contributed by atoms with E-state index in [2.05, 4.69) is 5.32 Å². The first-order valence-electron chi connectivity index (χ1n) is 11.6. The summed E-state index contributed by atoms with van der Waals surface area (Å²) in [7, 11) is 1.66. The largest absolute Gasteiger partial charge is 0.491 e. The van der Waals surface area contributed by atoms with Crippen LogP contribution in [0.3, 0.4) is 0 Å².